The Morgan fingerprint density at radius 3 is 2.54 bits per heavy atom. The van der Waals surface area contributed by atoms with Gasteiger partial charge in [-0.1, -0.05) is 6.07 Å². The summed E-state index contributed by atoms with van der Waals surface area (Å²) >= 11 is 0. The molecule has 2 aliphatic heterocycles. The molecule has 6 nitrogen and oxygen atoms in total. The molecule has 0 radical (unpaired) electrons. The van der Waals surface area contributed by atoms with Crippen LogP contribution in [0.3, 0.4) is 0 Å². The Kier molecular flexibility index (Phi) is 11.7. The van der Waals surface area contributed by atoms with Crippen LogP contribution in [0.5, 0.6) is 0 Å². The van der Waals surface area contributed by atoms with E-state index in [4.69, 9.17) is 4.74 Å². The first kappa shape index (κ1) is 25.4. The molecule has 2 fully saturated rings. The van der Waals surface area contributed by atoms with Crippen LogP contribution >= 0.6 is 37.2 Å². The molecular formula is C17H29Cl3N4O2. The standard InChI is InChI=1S/C17H26N4O2.3ClH/c1-13(15-4-3-5-18-12-15)20-7-9-21(10-8-20)17(22)16-14(2)23-11-6-19-16;;;/h3-5,12-14,16,19H,6-11H2,1-2H3;3*1H/t13?,14-,16+;;;/m1.../s1. The smallest absolute Gasteiger partial charge is 0.242 e. The van der Waals surface area contributed by atoms with E-state index in [1.807, 2.05) is 24.1 Å². The van der Waals surface area contributed by atoms with Crippen molar-refractivity contribution < 1.29 is 9.53 Å². The van der Waals surface area contributed by atoms with E-state index in [-0.39, 0.29) is 55.3 Å². The third-order valence-electron chi connectivity index (χ3n) is 4.92. The first-order valence-corrected chi connectivity index (χ1v) is 8.44. The number of rotatable bonds is 3. The van der Waals surface area contributed by atoms with Gasteiger partial charge in [-0.15, -0.1) is 37.2 Å². The second-order valence-corrected chi connectivity index (χ2v) is 6.33. The third kappa shape index (κ3) is 5.94. The van der Waals surface area contributed by atoms with Crippen LogP contribution in [0.4, 0.5) is 0 Å². The van der Waals surface area contributed by atoms with Crippen molar-refractivity contribution in [3.8, 4) is 0 Å². The van der Waals surface area contributed by atoms with Crippen LogP contribution in [0, 0.1) is 0 Å². The number of pyridine rings is 1. The van der Waals surface area contributed by atoms with Crippen molar-refractivity contribution in [3.63, 3.8) is 0 Å². The van der Waals surface area contributed by atoms with Gasteiger partial charge in [-0.25, -0.2) is 0 Å². The molecule has 3 atom stereocenters. The summed E-state index contributed by atoms with van der Waals surface area (Å²) in [5.41, 5.74) is 1.23. The van der Waals surface area contributed by atoms with Gasteiger partial charge >= 0.3 is 0 Å². The Balaban J connectivity index is 0.00000208. The Hall–Kier alpha value is -0.630. The van der Waals surface area contributed by atoms with Gasteiger partial charge < -0.3 is 15.0 Å². The summed E-state index contributed by atoms with van der Waals surface area (Å²) in [7, 11) is 0. The number of aromatic nitrogens is 1. The summed E-state index contributed by atoms with van der Waals surface area (Å²) in [5, 5.41) is 3.29. The average Bonchev–Trinajstić information content (AvgIpc) is 2.62. The number of piperazine rings is 1. The van der Waals surface area contributed by atoms with Crippen LogP contribution in [0.2, 0.25) is 0 Å². The highest BCUT2D eigenvalue weighted by Gasteiger charge is 2.33. The predicted molar refractivity (Wildman–Crippen MR) is 110 cm³/mol. The summed E-state index contributed by atoms with van der Waals surface area (Å²) in [6.45, 7) is 8.93. The molecule has 1 aromatic rings. The van der Waals surface area contributed by atoms with Crippen molar-refractivity contribution in [2.45, 2.75) is 32.0 Å². The van der Waals surface area contributed by atoms with Gasteiger partial charge in [-0.3, -0.25) is 14.7 Å². The van der Waals surface area contributed by atoms with E-state index in [9.17, 15) is 4.79 Å². The lowest BCUT2D eigenvalue weighted by Gasteiger charge is -2.40. The summed E-state index contributed by atoms with van der Waals surface area (Å²) in [4.78, 5) is 21.2. The minimum Gasteiger partial charge on any atom is -0.375 e. The van der Waals surface area contributed by atoms with Gasteiger partial charge in [0.05, 0.1) is 12.7 Å². The van der Waals surface area contributed by atoms with E-state index >= 15 is 0 Å². The van der Waals surface area contributed by atoms with Crippen LogP contribution in [-0.2, 0) is 9.53 Å². The Morgan fingerprint density at radius 1 is 1.27 bits per heavy atom. The summed E-state index contributed by atoms with van der Waals surface area (Å²) in [5.74, 6) is 0.172. The Morgan fingerprint density at radius 2 is 1.96 bits per heavy atom. The number of hydrogen-bond donors (Lipinski definition) is 1. The van der Waals surface area contributed by atoms with E-state index in [0.717, 1.165) is 32.7 Å². The molecule has 9 heteroatoms. The van der Waals surface area contributed by atoms with Gasteiger partial charge in [0.15, 0.2) is 0 Å². The predicted octanol–water partition coefficient (Wildman–Crippen LogP) is 1.93. The molecule has 0 aliphatic carbocycles. The lowest BCUT2D eigenvalue weighted by molar-refractivity contribution is -0.141. The van der Waals surface area contributed by atoms with Crippen LogP contribution in [0.1, 0.15) is 25.5 Å². The highest BCUT2D eigenvalue weighted by Crippen LogP contribution is 2.21. The number of amides is 1. The number of morpholine rings is 1. The molecule has 1 unspecified atom stereocenters. The van der Waals surface area contributed by atoms with Crippen molar-refractivity contribution in [2.24, 2.45) is 0 Å². The monoisotopic (exact) mass is 426 g/mol. The number of carbonyl (C=O) groups excluding carboxylic acids is 1. The van der Waals surface area contributed by atoms with Gasteiger partial charge in [-0.2, -0.15) is 0 Å². The molecule has 2 aliphatic rings. The fourth-order valence-corrected chi connectivity index (χ4v) is 3.37. The minimum atomic E-state index is -0.203. The molecule has 1 aromatic heterocycles. The molecule has 1 N–H and O–H groups in total. The number of halogens is 3. The molecule has 0 aromatic carbocycles. The second kappa shape index (κ2) is 12.0. The normalized spacial score (nSPS) is 24.5. The van der Waals surface area contributed by atoms with E-state index in [1.165, 1.54) is 5.56 Å². The lowest BCUT2D eigenvalue weighted by atomic mass is 10.1. The summed E-state index contributed by atoms with van der Waals surface area (Å²) < 4.78 is 5.59. The fourth-order valence-electron chi connectivity index (χ4n) is 3.37. The first-order valence-electron chi connectivity index (χ1n) is 8.44. The number of carbonyl (C=O) groups is 1. The van der Waals surface area contributed by atoms with E-state index < -0.39 is 0 Å². The van der Waals surface area contributed by atoms with E-state index in [2.05, 4.69) is 28.2 Å². The highest BCUT2D eigenvalue weighted by atomic mass is 35.5. The third-order valence-corrected chi connectivity index (χ3v) is 4.92. The van der Waals surface area contributed by atoms with Gasteiger partial charge in [0.2, 0.25) is 5.91 Å². The summed E-state index contributed by atoms with van der Waals surface area (Å²) in [6, 6.07) is 4.21. The Bertz CT molecular complexity index is 530. The molecule has 2 saturated heterocycles. The first-order chi connectivity index (χ1) is 11.2. The zero-order chi connectivity index (χ0) is 16.2. The van der Waals surface area contributed by atoms with Gasteiger partial charge in [0.25, 0.3) is 0 Å². The molecular weight excluding hydrogens is 399 g/mol. The van der Waals surface area contributed by atoms with Gasteiger partial charge in [0, 0.05) is 51.2 Å². The van der Waals surface area contributed by atoms with E-state index in [1.54, 1.807) is 6.20 Å². The van der Waals surface area contributed by atoms with Crippen LogP contribution < -0.4 is 5.32 Å². The van der Waals surface area contributed by atoms with Crippen molar-refractivity contribution in [2.75, 3.05) is 39.3 Å². The largest absolute Gasteiger partial charge is 0.375 e. The maximum absolute atomic E-state index is 12.7. The molecule has 3 heterocycles. The molecule has 0 saturated carbocycles. The van der Waals surface area contributed by atoms with Crippen molar-refractivity contribution in [1.29, 1.82) is 0 Å². The van der Waals surface area contributed by atoms with Crippen LogP contribution in [0.25, 0.3) is 0 Å². The maximum atomic E-state index is 12.7. The summed E-state index contributed by atoms with van der Waals surface area (Å²) in [6.07, 6.45) is 3.67. The topological polar surface area (TPSA) is 57.7 Å². The molecule has 0 spiro atoms. The number of ether oxygens (including phenoxy) is 1. The minimum absolute atomic E-state index is 0. The average molecular weight is 428 g/mol. The molecule has 150 valence electrons. The number of nitrogens with zero attached hydrogens (tertiary/aromatic N) is 3. The molecule has 0 bridgehead atoms. The van der Waals surface area contributed by atoms with Crippen molar-refractivity contribution >= 4 is 43.1 Å². The van der Waals surface area contributed by atoms with Crippen molar-refractivity contribution in [1.82, 2.24) is 20.1 Å². The maximum Gasteiger partial charge on any atom is 0.242 e. The SMILES string of the molecule is CC(c1cccnc1)N1CCN(C(=O)[C@H]2NCCO[C@@H]2C)CC1.Cl.Cl.Cl. The van der Waals surface area contributed by atoms with Gasteiger partial charge in [0.1, 0.15) is 6.04 Å². The lowest BCUT2D eigenvalue weighted by Crippen LogP contribution is -2.59. The number of hydrogen-bond acceptors (Lipinski definition) is 5. The van der Waals surface area contributed by atoms with Gasteiger partial charge in [-0.05, 0) is 25.5 Å². The second-order valence-electron chi connectivity index (χ2n) is 6.33. The quantitative estimate of drug-likeness (QED) is 0.799. The van der Waals surface area contributed by atoms with E-state index in [0.29, 0.717) is 12.6 Å². The van der Waals surface area contributed by atoms with Crippen molar-refractivity contribution in [3.05, 3.63) is 30.1 Å². The van der Waals surface area contributed by atoms with Crippen LogP contribution in [-0.4, -0.2) is 72.2 Å². The molecule has 26 heavy (non-hydrogen) atoms. The zero-order valence-corrected chi connectivity index (χ0v) is 17.6. The fraction of sp³-hybridized carbons (Fsp3) is 0.647. The number of nitrogens with one attached hydrogen (secondary N) is 1. The highest BCUT2D eigenvalue weighted by molar-refractivity contribution is 5.86. The Labute approximate surface area is 174 Å². The zero-order valence-electron chi connectivity index (χ0n) is 15.2. The van der Waals surface area contributed by atoms with Crippen LogP contribution in [0.15, 0.2) is 24.5 Å². The molecule has 3 rings (SSSR count). The molecule has 1 amide bonds.